The molecule has 0 aromatic rings. The number of hydrogen-bond acceptors (Lipinski definition) is 6. The highest BCUT2D eigenvalue weighted by Crippen LogP contribution is 2.07. The molecular weight excluding hydrogens is 362 g/mol. The van der Waals surface area contributed by atoms with Crippen molar-refractivity contribution in [1.82, 2.24) is 10.6 Å². The van der Waals surface area contributed by atoms with E-state index in [1.807, 2.05) is 20.1 Å². The van der Waals surface area contributed by atoms with Crippen molar-refractivity contribution in [3.05, 3.63) is 0 Å². The van der Waals surface area contributed by atoms with Crippen LogP contribution >= 0.6 is 11.8 Å². The van der Waals surface area contributed by atoms with E-state index in [-0.39, 0.29) is 25.2 Å². The molecule has 26 heavy (non-hydrogen) atoms. The van der Waals surface area contributed by atoms with Gasteiger partial charge in [-0.2, -0.15) is 11.8 Å². The van der Waals surface area contributed by atoms with Gasteiger partial charge in [-0.1, -0.05) is 13.8 Å². The van der Waals surface area contributed by atoms with Gasteiger partial charge in [-0.25, -0.2) is 4.79 Å². The number of amides is 2. The molecule has 3 atom stereocenters. The summed E-state index contributed by atoms with van der Waals surface area (Å²) >= 11 is 1.52. The SMILES string of the molecule is CSCCC(N)C(=O)NC(CCC(=O)O)C(=O)NC(CC(C)C)C(=O)O. The van der Waals surface area contributed by atoms with E-state index in [4.69, 9.17) is 10.8 Å². The minimum atomic E-state index is -1.19. The highest BCUT2D eigenvalue weighted by Gasteiger charge is 2.28. The van der Waals surface area contributed by atoms with Crippen LogP contribution in [0, 0.1) is 5.92 Å². The van der Waals surface area contributed by atoms with E-state index in [9.17, 15) is 24.3 Å². The second kappa shape index (κ2) is 12.5. The Morgan fingerprint density at radius 1 is 1.00 bits per heavy atom. The van der Waals surface area contributed by atoms with Crippen molar-refractivity contribution < 1.29 is 29.4 Å². The summed E-state index contributed by atoms with van der Waals surface area (Å²) in [5.74, 6) is -2.92. The number of thioether (sulfide) groups is 1. The number of aliphatic carboxylic acids is 2. The third-order valence-electron chi connectivity index (χ3n) is 3.57. The van der Waals surface area contributed by atoms with E-state index >= 15 is 0 Å². The summed E-state index contributed by atoms with van der Waals surface area (Å²) in [5.41, 5.74) is 5.76. The van der Waals surface area contributed by atoms with Crippen molar-refractivity contribution in [2.45, 2.75) is 57.7 Å². The molecule has 0 bridgehead atoms. The second-order valence-electron chi connectivity index (χ2n) is 6.41. The molecule has 0 heterocycles. The Hall–Kier alpha value is -1.81. The molecule has 0 aromatic carbocycles. The fourth-order valence-electron chi connectivity index (χ4n) is 2.16. The number of carbonyl (C=O) groups excluding carboxylic acids is 2. The summed E-state index contributed by atoms with van der Waals surface area (Å²) in [6.07, 6.45) is 1.99. The Morgan fingerprint density at radius 2 is 1.58 bits per heavy atom. The lowest BCUT2D eigenvalue weighted by molar-refractivity contribution is -0.143. The second-order valence-corrected chi connectivity index (χ2v) is 7.40. The first-order valence-electron chi connectivity index (χ1n) is 8.38. The van der Waals surface area contributed by atoms with Gasteiger partial charge in [-0.15, -0.1) is 0 Å². The van der Waals surface area contributed by atoms with E-state index in [1.165, 1.54) is 11.8 Å². The third-order valence-corrected chi connectivity index (χ3v) is 4.22. The molecule has 2 amide bonds. The summed E-state index contributed by atoms with van der Waals surface area (Å²) in [7, 11) is 0. The summed E-state index contributed by atoms with van der Waals surface area (Å²) in [6.45, 7) is 3.63. The highest BCUT2D eigenvalue weighted by molar-refractivity contribution is 7.98. The van der Waals surface area contributed by atoms with Gasteiger partial charge in [0.05, 0.1) is 6.04 Å². The molecule has 0 saturated carbocycles. The van der Waals surface area contributed by atoms with Crippen molar-refractivity contribution in [2.75, 3.05) is 12.0 Å². The summed E-state index contributed by atoms with van der Waals surface area (Å²) < 4.78 is 0. The maximum absolute atomic E-state index is 12.4. The van der Waals surface area contributed by atoms with Crippen molar-refractivity contribution in [2.24, 2.45) is 11.7 Å². The standard InChI is InChI=1S/C16H29N3O6S/c1-9(2)8-12(16(24)25)19-15(23)11(4-5-13(20)21)18-14(22)10(17)6-7-26-3/h9-12H,4-8,17H2,1-3H3,(H,18,22)(H,19,23)(H,20,21)(H,24,25). The molecule has 0 saturated heterocycles. The summed E-state index contributed by atoms with van der Waals surface area (Å²) in [6, 6.07) is -3.10. The Kier molecular flexibility index (Phi) is 11.7. The Bertz CT molecular complexity index is 500. The summed E-state index contributed by atoms with van der Waals surface area (Å²) in [4.78, 5) is 46.6. The van der Waals surface area contributed by atoms with Gasteiger partial charge in [0.15, 0.2) is 0 Å². The number of hydrogen-bond donors (Lipinski definition) is 5. The van der Waals surface area contributed by atoms with Crippen LogP contribution in [0.25, 0.3) is 0 Å². The largest absolute Gasteiger partial charge is 0.481 e. The van der Waals surface area contributed by atoms with Gasteiger partial charge in [-0.3, -0.25) is 14.4 Å². The zero-order valence-electron chi connectivity index (χ0n) is 15.4. The Balaban J connectivity index is 5.02. The molecule has 3 unspecified atom stereocenters. The maximum Gasteiger partial charge on any atom is 0.326 e. The zero-order chi connectivity index (χ0) is 20.3. The predicted molar refractivity (Wildman–Crippen MR) is 98.8 cm³/mol. The van der Waals surface area contributed by atoms with E-state index in [1.54, 1.807) is 0 Å². The van der Waals surface area contributed by atoms with Crippen LogP contribution in [-0.2, 0) is 19.2 Å². The van der Waals surface area contributed by atoms with Crippen LogP contribution < -0.4 is 16.4 Å². The van der Waals surface area contributed by atoms with Crippen LogP contribution in [-0.4, -0.2) is 64.1 Å². The number of rotatable bonds is 13. The number of carboxylic acids is 2. The molecule has 150 valence electrons. The van der Waals surface area contributed by atoms with Crippen LogP contribution in [0.1, 0.15) is 39.5 Å². The van der Waals surface area contributed by atoms with Crippen LogP contribution in [0.15, 0.2) is 0 Å². The number of nitrogens with two attached hydrogens (primary N) is 1. The molecule has 10 heteroatoms. The van der Waals surface area contributed by atoms with Crippen molar-refractivity contribution in [1.29, 1.82) is 0 Å². The molecule has 9 nitrogen and oxygen atoms in total. The lowest BCUT2D eigenvalue weighted by atomic mass is 10.0. The Labute approximate surface area is 157 Å². The monoisotopic (exact) mass is 391 g/mol. The predicted octanol–water partition coefficient (Wildman–Crippen LogP) is 0.0319. The van der Waals surface area contributed by atoms with Crippen molar-refractivity contribution in [3.8, 4) is 0 Å². The van der Waals surface area contributed by atoms with E-state index < -0.39 is 41.9 Å². The van der Waals surface area contributed by atoms with Crippen LogP contribution in [0.5, 0.6) is 0 Å². The fraction of sp³-hybridized carbons (Fsp3) is 0.750. The minimum Gasteiger partial charge on any atom is -0.481 e. The first kappa shape index (κ1) is 24.2. The van der Waals surface area contributed by atoms with Gasteiger partial charge in [-0.05, 0) is 37.2 Å². The van der Waals surface area contributed by atoms with Gasteiger partial charge in [0.25, 0.3) is 0 Å². The number of carboxylic acid groups (broad SMARTS) is 2. The lowest BCUT2D eigenvalue weighted by Gasteiger charge is -2.23. The van der Waals surface area contributed by atoms with E-state index in [0.717, 1.165) is 0 Å². The van der Waals surface area contributed by atoms with E-state index in [0.29, 0.717) is 12.2 Å². The maximum atomic E-state index is 12.4. The molecule has 0 aliphatic rings. The number of nitrogens with one attached hydrogen (secondary N) is 2. The number of carbonyl (C=O) groups is 4. The smallest absolute Gasteiger partial charge is 0.326 e. The molecular formula is C16H29N3O6S. The molecule has 0 aliphatic heterocycles. The third kappa shape index (κ3) is 10.2. The zero-order valence-corrected chi connectivity index (χ0v) is 16.2. The molecule has 6 N–H and O–H groups in total. The molecule has 0 rings (SSSR count). The molecule has 0 fully saturated rings. The van der Waals surface area contributed by atoms with Gasteiger partial charge in [0, 0.05) is 6.42 Å². The van der Waals surface area contributed by atoms with Gasteiger partial charge in [0.1, 0.15) is 12.1 Å². The van der Waals surface area contributed by atoms with Gasteiger partial charge >= 0.3 is 11.9 Å². The topological polar surface area (TPSA) is 159 Å². The molecule has 0 aromatic heterocycles. The van der Waals surface area contributed by atoms with Crippen LogP contribution in [0.4, 0.5) is 0 Å². The molecule has 0 aliphatic carbocycles. The van der Waals surface area contributed by atoms with Gasteiger partial charge < -0.3 is 26.6 Å². The van der Waals surface area contributed by atoms with Gasteiger partial charge in [0.2, 0.25) is 11.8 Å². The fourth-order valence-corrected chi connectivity index (χ4v) is 2.65. The quantitative estimate of drug-likeness (QED) is 0.294. The van der Waals surface area contributed by atoms with Crippen molar-refractivity contribution >= 4 is 35.5 Å². The molecule has 0 radical (unpaired) electrons. The Morgan fingerprint density at radius 3 is 2.04 bits per heavy atom. The first-order chi connectivity index (χ1) is 12.1. The van der Waals surface area contributed by atoms with Crippen molar-refractivity contribution in [3.63, 3.8) is 0 Å². The van der Waals surface area contributed by atoms with E-state index in [2.05, 4.69) is 10.6 Å². The average molecular weight is 391 g/mol. The first-order valence-corrected chi connectivity index (χ1v) is 9.77. The lowest BCUT2D eigenvalue weighted by Crippen LogP contribution is -2.54. The summed E-state index contributed by atoms with van der Waals surface area (Å²) in [5, 5.41) is 22.9. The van der Waals surface area contributed by atoms with Crippen LogP contribution in [0.2, 0.25) is 0 Å². The minimum absolute atomic E-state index is 0.0310. The normalized spacial score (nSPS) is 14.3. The average Bonchev–Trinajstić information content (AvgIpc) is 2.54. The van der Waals surface area contributed by atoms with Crippen LogP contribution in [0.3, 0.4) is 0 Å². The molecule has 0 spiro atoms. The highest BCUT2D eigenvalue weighted by atomic mass is 32.2.